The van der Waals surface area contributed by atoms with Crippen molar-refractivity contribution in [3.8, 4) is 0 Å². The Morgan fingerprint density at radius 3 is 2.61 bits per heavy atom. The van der Waals surface area contributed by atoms with Crippen molar-refractivity contribution in [3.63, 3.8) is 0 Å². The molecule has 1 heterocycles. The van der Waals surface area contributed by atoms with E-state index in [0.717, 1.165) is 5.69 Å². The molecule has 2 amide bonds. The lowest BCUT2D eigenvalue weighted by Crippen LogP contribution is -2.44. The second kappa shape index (κ2) is 5.66. The third-order valence-electron chi connectivity index (χ3n) is 2.63. The van der Waals surface area contributed by atoms with Gasteiger partial charge in [-0.1, -0.05) is 0 Å². The zero-order valence-corrected chi connectivity index (χ0v) is 11.3. The Morgan fingerprint density at radius 2 is 2.11 bits per heavy atom. The van der Waals surface area contributed by atoms with Gasteiger partial charge in [0, 0.05) is 30.9 Å². The van der Waals surface area contributed by atoms with Crippen LogP contribution in [0.1, 0.15) is 43.0 Å². The van der Waals surface area contributed by atoms with Gasteiger partial charge in [0.2, 0.25) is 5.91 Å². The van der Waals surface area contributed by atoms with Crippen molar-refractivity contribution in [3.05, 3.63) is 17.7 Å². The van der Waals surface area contributed by atoms with Gasteiger partial charge in [-0.25, -0.2) is 4.98 Å². The van der Waals surface area contributed by atoms with Gasteiger partial charge < -0.3 is 15.6 Å². The zero-order chi connectivity index (χ0) is 13.8. The Hall–Kier alpha value is -1.85. The largest absolute Gasteiger partial charge is 0.359 e. The van der Waals surface area contributed by atoms with Crippen LogP contribution >= 0.6 is 0 Å². The summed E-state index contributed by atoms with van der Waals surface area (Å²) in [5.74, 6) is -0.00306. The number of hydrogen-bond acceptors (Lipinski definition) is 3. The van der Waals surface area contributed by atoms with Gasteiger partial charge in [0.25, 0.3) is 5.91 Å². The van der Waals surface area contributed by atoms with Crippen LogP contribution in [-0.2, 0) is 4.79 Å². The first-order chi connectivity index (χ1) is 8.34. The van der Waals surface area contributed by atoms with Gasteiger partial charge in [0.05, 0.1) is 0 Å². The highest BCUT2D eigenvalue weighted by atomic mass is 16.2. The molecule has 18 heavy (non-hydrogen) atoms. The van der Waals surface area contributed by atoms with Gasteiger partial charge in [-0.05, 0) is 27.2 Å². The Bertz CT molecular complexity index is 437. The molecule has 0 aliphatic carbocycles. The number of hydrogen-bond donors (Lipinski definition) is 3. The Kier molecular flexibility index (Phi) is 4.47. The normalized spacial score (nSPS) is 11.1. The molecule has 0 saturated carbocycles. The predicted octanol–water partition coefficient (Wildman–Crippen LogP) is 0.753. The molecule has 1 rings (SSSR count). The minimum Gasteiger partial charge on any atom is -0.359 e. The molecular formula is C12H20N4O2. The summed E-state index contributed by atoms with van der Waals surface area (Å²) in [5.41, 5.74) is 0.382. The number of nitrogens with one attached hydrogen (secondary N) is 3. The molecule has 6 heteroatoms. The first-order valence-electron chi connectivity index (χ1n) is 5.89. The van der Waals surface area contributed by atoms with Crippen LogP contribution in [0.2, 0.25) is 0 Å². The zero-order valence-electron chi connectivity index (χ0n) is 11.3. The smallest absolute Gasteiger partial charge is 0.287 e. The molecule has 0 saturated heterocycles. The first-order valence-corrected chi connectivity index (χ1v) is 5.89. The molecule has 0 radical (unpaired) electrons. The maximum atomic E-state index is 11.9. The highest BCUT2D eigenvalue weighted by Gasteiger charge is 2.23. The monoisotopic (exact) mass is 252 g/mol. The molecule has 0 aromatic carbocycles. The van der Waals surface area contributed by atoms with Crippen molar-refractivity contribution in [1.82, 2.24) is 20.6 Å². The van der Waals surface area contributed by atoms with E-state index in [1.54, 1.807) is 13.2 Å². The number of carbonyl (C=O) groups excluding carboxylic acids is 2. The van der Waals surface area contributed by atoms with E-state index in [-0.39, 0.29) is 11.8 Å². The lowest BCUT2D eigenvalue weighted by molar-refractivity contribution is -0.121. The molecule has 0 bridgehead atoms. The number of aromatic amines is 1. The summed E-state index contributed by atoms with van der Waals surface area (Å²) in [6.45, 7) is 5.59. The van der Waals surface area contributed by atoms with Crippen LogP contribution in [0, 0.1) is 6.92 Å². The number of nitrogens with zero attached hydrogens (tertiary/aromatic N) is 1. The van der Waals surface area contributed by atoms with Gasteiger partial charge in [-0.3, -0.25) is 9.59 Å². The van der Waals surface area contributed by atoms with Crippen molar-refractivity contribution in [2.45, 2.75) is 39.2 Å². The number of aromatic nitrogens is 2. The lowest BCUT2D eigenvalue weighted by atomic mass is 9.98. The summed E-state index contributed by atoms with van der Waals surface area (Å²) in [5, 5.41) is 5.41. The van der Waals surface area contributed by atoms with E-state index in [4.69, 9.17) is 0 Å². The van der Waals surface area contributed by atoms with E-state index in [1.807, 2.05) is 20.8 Å². The minimum atomic E-state index is -0.454. The van der Waals surface area contributed by atoms with E-state index < -0.39 is 5.54 Å². The second-order valence-electron chi connectivity index (χ2n) is 4.93. The number of carbonyl (C=O) groups is 2. The highest BCUT2D eigenvalue weighted by molar-refractivity contribution is 5.91. The molecule has 0 fully saturated rings. The summed E-state index contributed by atoms with van der Waals surface area (Å²) in [7, 11) is 1.60. The molecule has 100 valence electrons. The molecule has 0 aliphatic rings. The maximum absolute atomic E-state index is 11.9. The van der Waals surface area contributed by atoms with Crippen molar-refractivity contribution in [2.24, 2.45) is 0 Å². The number of imidazole rings is 1. The van der Waals surface area contributed by atoms with Crippen LogP contribution in [0.25, 0.3) is 0 Å². The molecule has 0 aliphatic heterocycles. The van der Waals surface area contributed by atoms with Gasteiger partial charge in [0.1, 0.15) is 0 Å². The Labute approximate surface area is 107 Å². The first kappa shape index (κ1) is 14.2. The minimum absolute atomic E-state index is 0.0360. The Balaban J connectivity index is 2.54. The topological polar surface area (TPSA) is 86.9 Å². The summed E-state index contributed by atoms with van der Waals surface area (Å²) in [4.78, 5) is 29.9. The molecule has 1 aromatic rings. The summed E-state index contributed by atoms with van der Waals surface area (Å²) in [6.07, 6.45) is 2.55. The third-order valence-corrected chi connectivity index (χ3v) is 2.63. The quantitative estimate of drug-likeness (QED) is 0.722. The van der Waals surface area contributed by atoms with E-state index in [2.05, 4.69) is 20.6 Å². The molecule has 0 spiro atoms. The number of H-pyrrole nitrogens is 1. The van der Waals surface area contributed by atoms with Crippen LogP contribution in [0.15, 0.2) is 6.20 Å². The Morgan fingerprint density at radius 1 is 1.44 bits per heavy atom. The van der Waals surface area contributed by atoms with Crippen LogP contribution < -0.4 is 10.6 Å². The fourth-order valence-corrected chi connectivity index (χ4v) is 1.51. The molecule has 6 nitrogen and oxygen atoms in total. The van der Waals surface area contributed by atoms with Crippen molar-refractivity contribution in [2.75, 3.05) is 7.05 Å². The number of amides is 2. The van der Waals surface area contributed by atoms with Crippen LogP contribution in [0.3, 0.4) is 0 Å². The van der Waals surface area contributed by atoms with E-state index in [0.29, 0.717) is 18.7 Å². The molecule has 3 N–H and O–H groups in total. The molecular weight excluding hydrogens is 232 g/mol. The van der Waals surface area contributed by atoms with Gasteiger partial charge >= 0.3 is 0 Å². The average molecular weight is 252 g/mol. The number of rotatable bonds is 5. The van der Waals surface area contributed by atoms with E-state index in [9.17, 15) is 9.59 Å². The maximum Gasteiger partial charge on any atom is 0.287 e. The van der Waals surface area contributed by atoms with Crippen LogP contribution in [-0.4, -0.2) is 34.4 Å². The van der Waals surface area contributed by atoms with Crippen LogP contribution in [0.5, 0.6) is 0 Å². The fourth-order valence-electron chi connectivity index (χ4n) is 1.51. The highest BCUT2D eigenvalue weighted by Crippen LogP contribution is 2.12. The lowest BCUT2D eigenvalue weighted by Gasteiger charge is -2.25. The number of aryl methyl sites for hydroxylation is 1. The van der Waals surface area contributed by atoms with Gasteiger partial charge in [-0.15, -0.1) is 0 Å². The fraction of sp³-hybridized carbons (Fsp3) is 0.583. The molecule has 0 atom stereocenters. The molecule has 1 aromatic heterocycles. The second-order valence-corrected chi connectivity index (χ2v) is 4.93. The van der Waals surface area contributed by atoms with Gasteiger partial charge in [-0.2, -0.15) is 0 Å². The standard InChI is InChI=1S/C12H20N4O2/c1-8-7-14-10(15-8)11(18)16-12(2,3)6-5-9(17)13-4/h7H,5-6H2,1-4H3,(H,13,17)(H,14,15)(H,16,18). The van der Waals surface area contributed by atoms with Crippen molar-refractivity contribution >= 4 is 11.8 Å². The van der Waals surface area contributed by atoms with Crippen molar-refractivity contribution < 1.29 is 9.59 Å². The summed E-state index contributed by atoms with van der Waals surface area (Å²) >= 11 is 0. The summed E-state index contributed by atoms with van der Waals surface area (Å²) in [6, 6.07) is 0. The predicted molar refractivity (Wildman–Crippen MR) is 68.2 cm³/mol. The SMILES string of the molecule is CNC(=O)CCC(C)(C)NC(=O)c1ncc(C)[nH]1. The molecule has 0 unspecified atom stereocenters. The van der Waals surface area contributed by atoms with Crippen LogP contribution in [0.4, 0.5) is 0 Å². The average Bonchev–Trinajstić information content (AvgIpc) is 2.72. The van der Waals surface area contributed by atoms with Gasteiger partial charge in [0.15, 0.2) is 5.82 Å². The van der Waals surface area contributed by atoms with E-state index in [1.165, 1.54) is 0 Å². The van der Waals surface area contributed by atoms with E-state index >= 15 is 0 Å². The summed E-state index contributed by atoms with van der Waals surface area (Å²) < 4.78 is 0. The van der Waals surface area contributed by atoms with Crippen molar-refractivity contribution in [1.29, 1.82) is 0 Å². The third kappa shape index (κ3) is 4.20.